The zero-order chi connectivity index (χ0) is 21.0. The lowest BCUT2D eigenvalue weighted by molar-refractivity contribution is 0.0985. The minimum absolute atomic E-state index is 0.129. The molecule has 1 heterocycles. The minimum Gasteiger partial charge on any atom is -0.496 e. The van der Waals surface area contributed by atoms with Crippen molar-refractivity contribution in [3.05, 3.63) is 53.6 Å². The number of rotatable bonds is 6. The van der Waals surface area contributed by atoms with E-state index >= 15 is 0 Å². The van der Waals surface area contributed by atoms with Crippen LogP contribution in [0.5, 0.6) is 5.75 Å². The molecule has 1 amide bonds. The molecule has 0 aliphatic carbocycles. The normalized spacial score (nSPS) is 15.1. The van der Waals surface area contributed by atoms with Gasteiger partial charge in [-0.05, 0) is 56.5 Å². The summed E-state index contributed by atoms with van der Waals surface area (Å²) in [6, 6.07) is 12.2. The molecule has 0 bridgehead atoms. The minimum atomic E-state index is -3.64. The summed E-state index contributed by atoms with van der Waals surface area (Å²) in [5, 5.41) is 0. The lowest BCUT2D eigenvalue weighted by Gasteiger charge is -2.27. The average Bonchev–Trinajstić information content (AvgIpc) is 2.75. The maximum atomic E-state index is 13.4. The van der Waals surface area contributed by atoms with E-state index in [4.69, 9.17) is 4.74 Å². The van der Waals surface area contributed by atoms with Gasteiger partial charge in [-0.25, -0.2) is 8.42 Å². The third-order valence-electron chi connectivity index (χ3n) is 5.32. The third kappa shape index (κ3) is 4.31. The van der Waals surface area contributed by atoms with Crippen molar-refractivity contribution < 1.29 is 17.9 Å². The van der Waals surface area contributed by atoms with E-state index < -0.39 is 10.0 Å². The SMILES string of the molecule is CCN(C(=O)c1cc(S(=O)(=O)N2CCCCC2)ccc1OC)c1ccccc1C. The van der Waals surface area contributed by atoms with Crippen LogP contribution in [0.1, 0.15) is 42.1 Å². The van der Waals surface area contributed by atoms with Gasteiger partial charge in [0.25, 0.3) is 5.91 Å². The average molecular weight is 417 g/mol. The van der Waals surface area contributed by atoms with Crippen LogP contribution < -0.4 is 9.64 Å². The van der Waals surface area contributed by atoms with E-state index in [1.807, 2.05) is 38.1 Å². The Morgan fingerprint density at radius 2 is 1.79 bits per heavy atom. The summed E-state index contributed by atoms with van der Waals surface area (Å²) in [6.45, 7) is 5.32. The number of aryl methyl sites for hydroxylation is 1. The van der Waals surface area contributed by atoms with Gasteiger partial charge >= 0.3 is 0 Å². The first-order chi connectivity index (χ1) is 13.9. The maximum absolute atomic E-state index is 13.4. The van der Waals surface area contributed by atoms with Gasteiger partial charge in [0, 0.05) is 25.3 Å². The summed E-state index contributed by atoms with van der Waals surface area (Å²) in [4.78, 5) is 15.2. The zero-order valence-electron chi connectivity index (χ0n) is 17.2. The van der Waals surface area contributed by atoms with Crippen molar-refractivity contribution in [1.82, 2.24) is 4.31 Å². The van der Waals surface area contributed by atoms with E-state index in [1.54, 1.807) is 11.0 Å². The molecule has 0 aromatic heterocycles. The van der Waals surface area contributed by atoms with Crippen molar-refractivity contribution in [2.75, 3.05) is 31.6 Å². The first kappa shape index (κ1) is 21.3. The summed E-state index contributed by atoms with van der Waals surface area (Å²) >= 11 is 0. The van der Waals surface area contributed by atoms with Gasteiger partial charge in [0.2, 0.25) is 10.0 Å². The second-order valence-corrected chi connectivity index (χ2v) is 9.10. The van der Waals surface area contributed by atoms with Crippen molar-refractivity contribution in [2.24, 2.45) is 0 Å². The van der Waals surface area contributed by atoms with Crippen LogP contribution in [0, 0.1) is 6.92 Å². The van der Waals surface area contributed by atoms with E-state index in [2.05, 4.69) is 0 Å². The summed E-state index contributed by atoms with van der Waals surface area (Å²) in [5.74, 6) is 0.0778. The van der Waals surface area contributed by atoms with Gasteiger partial charge < -0.3 is 9.64 Å². The number of hydrogen-bond acceptors (Lipinski definition) is 4. The molecule has 0 radical (unpaired) electrons. The van der Waals surface area contributed by atoms with E-state index in [1.165, 1.54) is 23.5 Å². The molecular weight excluding hydrogens is 388 g/mol. The van der Waals surface area contributed by atoms with Crippen molar-refractivity contribution >= 4 is 21.6 Å². The number of methoxy groups -OCH3 is 1. The molecule has 0 spiro atoms. The fourth-order valence-corrected chi connectivity index (χ4v) is 5.25. The Morgan fingerprint density at radius 3 is 2.41 bits per heavy atom. The maximum Gasteiger partial charge on any atom is 0.262 e. The standard InChI is InChI=1S/C22H28N2O4S/c1-4-24(20-11-7-6-10-17(20)2)22(25)19-16-18(12-13-21(19)28-3)29(26,27)23-14-8-5-9-15-23/h6-7,10-13,16H,4-5,8-9,14-15H2,1-3H3. The highest BCUT2D eigenvalue weighted by atomic mass is 32.2. The predicted molar refractivity (Wildman–Crippen MR) is 114 cm³/mol. The van der Waals surface area contributed by atoms with Gasteiger partial charge in [-0.2, -0.15) is 4.31 Å². The highest BCUT2D eigenvalue weighted by Crippen LogP contribution is 2.29. The molecule has 0 unspecified atom stereocenters. The Bertz CT molecular complexity index is 982. The van der Waals surface area contributed by atoms with E-state index in [0.717, 1.165) is 30.5 Å². The quantitative estimate of drug-likeness (QED) is 0.717. The Labute approximate surface area is 173 Å². The number of sulfonamides is 1. The Balaban J connectivity index is 2.02. The summed E-state index contributed by atoms with van der Waals surface area (Å²) in [5.41, 5.74) is 2.01. The van der Waals surface area contributed by atoms with Crippen molar-refractivity contribution in [1.29, 1.82) is 0 Å². The van der Waals surface area contributed by atoms with E-state index in [0.29, 0.717) is 25.4 Å². The lowest BCUT2D eigenvalue weighted by Crippen LogP contribution is -2.36. The molecule has 0 atom stereocenters. The number of hydrogen-bond donors (Lipinski definition) is 0. The van der Waals surface area contributed by atoms with E-state index in [-0.39, 0.29) is 16.4 Å². The zero-order valence-corrected chi connectivity index (χ0v) is 18.0. The summed E-state index contributed by atoms with van der Waals surface area (Å²) in [6.07, 6.45) is 2.76. The molecule has 1 fully saturated rings. The van der Waals surface area contributed by atoms with Crippen LogP contribution in [-0.2, 0) is 10.0 Å². The number of para-hydroxylation sites is 1. The molecule has 6 nitrogen and oxygen atoms in total. The van der Waals surface area contributed by atoms with Crippen molar-refractivity contribution in [2.45, 2.75) is 38.0 Å². The van der Waals surface area contributed by atoms with Crippen LogP contribution in [0.15, 0.2) is 47.4 Å². The van der Waals surface area contributed by atoms with Crippen LogP contribution in [0.25, 0.3) is 0 Å². The van der Waals surface area contributed by atoms with Gasteiger partial charge in [-0.3, -0.25) is 4.79 Å². The number of anilines is 1. The lowest BCUT2D eigenvalue weighted by atomic mass is 10.1. The topological polar surface area (TPSA) is 66.9 Å². The monoisotopic (exact) mass is 416 g/mol. The first-order valence-electron chi connectivity index (χ1n) is 9.95. The van der Waals surface area contributed by atoms with Crippen molar-refractivity contribution in [3.63, 3.8) is 0 Å². The third-order valence-corrected chi connectivity index (χ3v) is 7.22. The van der Waals surface area contributed by atoms with Gasteiger partial charge in [-0.1, -0.05) is 24.6 Å². The number of carbonyl (C=O) groups is 1. The molecule has 0 saturated carbocycles. The smallest absolute Gasteiger partial charge is 0.262 e. The van der Waals surface area contributed by atoms with E-state index in [9.17, 15) is 13.2 Å². The second kappa shape index (κ2) is 8.97. The van der Waals surface area contributed by atoms with Crippen molar-refractivity contribution in [3.8, 4) is 5.75 Å². The predicted octanol–water partition coefficient (Wildman–Crippen LogP) is 3.84. The molecule has 2 aromatic carbocycles. The number of ether oxygens (including phenoxy) is 1. The number of piperidine rings is 1. The fourth-order valence-electron chi connectivity index (χ4n) is 3.70. The second-order valence-electron chi connectivity index (χ2n) is 7.16. The summed E-state index contributed by atoms with van der Waals surface area (Å²) < 4.78 is 33.1. The van der Waals surface area contributed by atoms with Gasteiger partial charge in [-0.15, -0.1) is 0 Å². The molecular formula is C22H28N2O4S. The van der Waals surface area contributed by atoms with Crippen LogP contribution >= 0.6 is 0 Å². The largest absolute Gasteiger partial charge is 0.496 e. The molecule has 29 heavy (non-hydrogen) atoms. The number of benzene rings is 2. The highest BCUT2D eigenvalue weighted by molar-refractivity contribution is 7.89. The molecule has 1 aliphatic rings. The fraction of sp³-hybridized carbons (Fsp3) is 0.409. The van der Waals surface area contributed by atoms with Crippen LogP contribution in [0.4, 0.5) is 5.69 Å². The molecule has 3 rings (SSSR count). The van der Waals surface area contributed by atoms with Crippen LogP contribution in [-0.4, -0.2) is 45.4 Å². The Morgan fingerprint density at radius 1 is 1.10 bits per heavy atom. The Kier molecular flexibility index (Phi) is 6.59. The molecule has 156 valence electrons. The van der Waals surface area contributed by atoms with Gasteiger partial charge in [0.05, 0.1) is 17.6 Å². The highest BCUT2D eigenvalue weighted by Gasteiger charge is 2.29. The molecule has 7 heteroatoms. The Hall–Kier alpha value is -2.38. The molecule has 1 aliphatic heterocycles. The first-order valence-corrected chi connectivity index (χ1v) is 11.4. The molecule has 0 N–H and O–H groups in total. The number of nitrogens with zero attached hydrogens (tertiary/aromatic N) is 2. The molecule has 1 saturated heterocycles. The summed E-state index contributed by atoms with van der Waals surface area (Å²) in [7, 11) is -2.16. The van der Waals surface area contributed by atoms with Gasteiger partial charge in [0.15, 0.2) is 0 Å². The molecule has 2 aromatic rings. The van der Waals surface area contributed by atoms with Crippen LogP contribution in [0.3, 0.4) is 0 Å². The number of amides is 1. The van der Waals surface area contributed by atoms with Gasteiger partial charge in [0.1, 0.15) is 5.75 Å². The number of carbonyl (C=O) groups excluding carboxylic acids is 1. The van der Waals surface area contributed by atoms with Crippen LogP contribution in [0.2, 0.25) is 0 Å².